The first-order valence-electron chi connectivity index (χ1n) is 6.12. The molecular weight excluding hydrogens is 244 g/mol. The van der Waals surface area contributed by atoms with Crippen LogP contribution < -0.4 is 4.72 Å². The van der Waals surface area contributed by atoms with Crippen molar-refractivity contribution < 1.29 is 17.9 Å². The molecule has 17 heavy (non-hydrogen) atoms. The summed E-state index contributed by atoms with van der Waals surface area (Å²) in [5.41, 5.74) is 0. The fourth-order valence-electron chi connectivity index (χ4n) is 2.04. The minimum Gasteiger partial charge on any atom is -0.379 e. The average Bonchev–Trinajstić information content (AvgIpc) is 2.39. The van der Waals surface area contributed by atoms with Crippen molar-refractivity contribution in [1.29, 1.82) is 0 Å². The molecule has 0 aliphatic carbocycles. The van der Waals surface area contributed by atoms with Crippen molar-refractivity contribution in [2.75, 3.05) is 39.5 Å². The first-order chi connectivity index (χ1) is 8.18. The van der Waals surface area contributed by atoms with Crippen LogP contribution in [0.2, 0.25) is 0 Å². The minimum atomic E-state index is -3.36. The zero-order chi connectivity index (χ0) is 12.1. The maximum absolute atomic E-state index is 11.9. The summed E-state index contributed by atoms with van der Waals surface area (Å²) in [6.45, 7) is 2.92. The van der Waals surface area contributed by atoms with E-state index < -0.39 is 10.2 Å². The molecule has 1 atom stereocenters. The lowest BCUT2D eigenvalue weighted by Crippen LogP contribution is -2.48. The predicted molar refractivity (Wildman–Crippen MR) is 62.9 cm³/mol. The van der Waals surface area contributed by atoms with Crippen molar-refractivity contribution in [3.8, 4) is 0 Å². The highest BCUT2D eigenvalue weighted by molar-refractivity contribution is 7.87. The maximum Gasteiger partial charge on any atom is 0.279 e. The molecular formula is C10H20N2O4S. The van der Waals surface area contributed by atoms with Crippen LogP contribution in [0, 0.1) is 0 Å². The van der Waals surface area contributed by atoms with Crippen LogP contribution in [0.3, 0.4) is 0 Å². The second-order valence-corrected chi connectivity index (χ2v) is 6.11. The number of nitrogens with one attached hydrogen (secondary N) is 1. The lowest BCUT2D eigenvalue weighted by atomic mass is 10.1. The van der Waals surface area contributed by atoms with E-state index in [1.807, 2.05) is 0 Å². The summed E-state index contributed by atoms with van der Waals surface area (Å²) in [6, 6.07) is 0. The van der Waals surface area contributed by atoms with Crippen molar-refractivity contribution in [1.82, 2.24) is 9.03 Å². The van der Waals surface area contributed by atoms with Crippen LogP contribution in [0.15, 0.2) is 0 Å². The highest BCUT2D eigenvalue weighted by Gasteiger charge is 2.25. The zero-order valence-corrected chi connectivity index (χ0v) is 10.7. The molecule has 2 aliphatic rings. The molecule has 0 aromatic rings. The van der Waals surface area contributed by atoms with Gasteiger partial charge in [-0.25, -0.2) is 0 Å². The Morgan fingerprint density at radius 3 is 2.59 bits per heavy atom. The van der Waals surface area contributed by atoms with E-state index in [9.17, 15) is 8.42 Å². The summed E-state index contributed by atoms with van der Waals surface area (Å²) in [5, 5.41) is 0. The molecule has 0 amide bonds. The molecule has 2 fully saturated rings. The molecule has 100 valence electrons. The first-order valence-corrected chi connectivity index (χ1v) is 7.56. The van der Waals surface area contributed by atoms with Gasteiger partial charge in [0, 0.05) is 26.2 Å². The molecule has 1 unspecified atom stereocenters. The largest absolute Gasteiger partial charge is 0.379 e. The standard InChI is InChI=1S/C10H20N2O4S/c13-17(14,12-4-7-15-8-5-12)11-9-10-3-1-2-6-16-10/h10-11H,1-9H2. The van der Waals surface area contributed by atoms with Crippen LogP contribution >= 0.6 is 0 Å². The number of nitrogens with zero attached hydrogens (tertiary/aromatic N) is 1. The number of rotatable bonds is 4. The van der Waals surface area contributed by atoms with Gasteiger partial charge in [0.25, 0.3) is 10.2 Å². The van der Waals surface area contributed by atoms with Gasteiger partial charge in [0.15, 0.2) is 0 Å². The average molecular weight is 264 g/mol. The first kappa shape index (κ1) is 13.2. The molecule has 2 heterocycles. The summed E-state index contributed by atoms with van der Waals surface area (Å²) in [4.78, 5) is 0. The van der Waals surface area contributed by atoms with Gasteiger partial charge in [-0.2, -0.15) is 17.4 Å². The highest BCUT2D eigenvalue weighted by Crippen LogP contribution is 2.12. The van der Waals surface area contributed by atoms with Crippen LogP contribution in [0.4, 0.5) is 0 Å². The summed E-state index contributed by atoms with van der Waals surface area (Å²) >= 11 is 0. The molecule has 0 aromatic carbocycles. The zero-order valence-electron chi connectivity index (χ0n) is 9.93. The fraction of sp³-hybridized carbons (Fsp3) is 1.00. The number of hydrogen-bond acceptors (Lipinski definition) is 4. The molecule has 2 aliphatic heterocycles. The van der Waals surface area contributed by atoms with Gasteiger partial charge in [-0.3, -0.25) is 0 Å². The Kier molecular flexibility index (Phi) is 4.75. The van der Waals surface area contributed by atoms with Crippen LogP contribution in [-0.2, 0) is 19.7 Å². The smallest absolute Gasteiger partial charge is 0.279 e. The molecule has 0 saturated carbocycles. The van der Waals surface area contributed by atoms with Gasteiger partial charge < -0.3 is 9.47 Å². The van der Waals surface area contributed by atoms with Gasteiger partial charge in [-0.05, 0) is 19.3 Å². The summed E-state index contributed by atoms with van der Waals surface area (Å²) in [5.74, 6) is 0. The lowest BCUT2D eigenvalue weighted by Gasteiger charge is -2.28. The van der Waals surface area contributed by atoms with E-state index >= 15 is 0 Å². The number of morpholine rings is 1. The Morgan fingerprint density at radius 2 is 1.94 bits per heavy atom. The van der Waals surface area contributed by atoms with E-state index in [0.717, 1.165) is 25.9 Å². The van der Waals surface area contributed by atoms with Crippen molar-refractivity contribution in [3.05, 3.63) is 0 Å². The number of hydrogen-bond donors (Lipinski definition) is 1. The molecule has 1 N–H and O–H groups in total. The normalized spacial score (nSPS) is 28.1. The molecule has 7 heteroatoms. The van der Waals surface area contributed by atoms with Crippen molar-refractivity contribution in [3.63, 3.8) is 0 Å². The van der Waals surface area contributed by atoms with Crippen molar-refractivity contribution in [2.45, 2.75) is 25.4 Å². The second kappa shape index (κ2) is 6.10. The molecule has 0 radical (unpaired) electrons. The molecule has 6 nitrogen and oxygen atoms in total. The lowest BCUT2D eigenvalue weighted by molar-refractivity contribution is 0.0194. The fourth-order valence-corrected chi connectivity index (χ4v) is 3.25. The topological polar surface area (TPSA) is 67.9 Å². The molecule has 0 aromatic heterocycles. The van der Waals surface area contributed by atoms with Gasteiger partial charge in [0.2, 0.25) is 0 Å². The third kappa shape index (κ3) is 3.89. The van der Waals surface area contributed by atoms with E-state index in [0.29, 0.717) is 32.8 Å². The van der Waals surface area contributed by atoms with Gasteiger partial charge >= 0.3 is 0 Å². The van der Waals surface area contributed by atoms with Gasteiger partial charge in [0.1, 0.15) is 0 Å². The van der Waals surface area contributed by atoms with Crippen LogP contribution in [0.25, 0.3) is 0 Å². The molecule has 2 saturated heterocycles. The Bertz CT molecular complexity index is 321. The SMILES string of the molecule is O=S(=O)(NCC1CCCCO1)N1CCOCC1. The Balaban J connectivity index is 1.79. The Hall–Kier alpha value is -0.210. The third-order valence-corrected chi connectivity index (χ3v) is 4.65. The molecule has 0 bridgehead atoms. The third-order valence-electron chi connectivity index (χ3n) is 3.08. The quantitative estimate of drug-likeness (QED) is 0.758. The Morgan fingerprint density at radius 1 is 1.18 bits per heavy atom. The van der Waals surface area contributed by atoms with E-state index in [1.54, 1.807) is 0 Å². The summed E-state index contributed by atoms with van der Waals surface area (Å²) < 4.78 is 38.5. The maximum atomic E-state index is 11.9. The van der Waals surface area contributed by atoms with Gasteiger partial charge in [-0.1, -0.05) is 0 Å². The van der Waals surface area contributed by atoms with Crippen LogP contribution in [-0.4, -0.2) is 58.3 Å². The van der Waals surface area contributed by atoms with Gasteiger partial charge in [0.05, 0.1) is 19.3 Å². The van der Waals surface area contributed by atoms with E-state index in [-0.39, 0.29) is 6.10 Å². The van der Waals surface area contributed by atoms with E-state index in [4.69, 9.17) is 9.47 Å². The second-order valence-electron chi connectivity index (χ2n) is 4.35. The van der Waals surface area contributed by atoms with Crippen LogP contribution in [0.1, 0.15) is 19.3 Å². The molecule has 2 rings (SSSR count). The summed E-state index contributed by atoms with van der Waals surface area (Å²) in [7, 11) is -3.36. The van der Waals surface area contributed by atoms with E-state index in [2.05, 4.69) is 4.72 Å². The van der Waals surface area contributed by atoms with Crippen LogP contribution in [0.5, 0.6) is 0 Å². The molecule has 0 spiro atoms. The van der Waals surface area contributed by atoms with Gasteiger partial charge in [-0.15, -0.1) is 0 Å². The Labute approximate surface area is 102 Å². The summed E-state index contributed by atoms with van der Waals surface area (Å²) in [6.07, 6.45) is 3.15. The monoisotopic (exact) mass is 264 g/mol. The predicted octanol–water partition coefficient (Wildman–Crippen LogP) is -0.278. The minimum absolute atomic E-state index is 0.0274. The van der Waals surface area contributed by atoms with Crippen molar-refractivity contribution >= 4 is 10.2 Å². The van der Waals surface area contributed by atoms with Crippen molar-refractivity contribution in [2.24, 2.45) is 0 Å². The van der Waals surface area contributed by atoms with E-state index in [1.165, 1.54) is 4.31 Å². The number of ether oxygens (including phenoxy) is 2. The highest BCUT2D eigenvalue weighted by atomic mass is 32.2.